The van der Waals surface area contributed by atoms with Crippen LogP contribution in [-0.2, 0) is 0 Å². The molecule has 0 amide bonds. The Labute approximate surface area is 116 Å². The Morgan fingerprint density at radius 1 is 1.24 bits per heavy atom. The predicted octanol–water partition coefficient (Wildman–Crippen LogP) is 3.31. The van der Waals surface area contributed by atoms with Gasteiger partial charge in [0.25, 0.3) is 5.69 Å². The molecular formula is C13H8F2N2O4. The lowest BCUT2D eigenvalue weighted by Gasteiger charge is -2.08. The Hall–Kier alpha value is -3.03. The van der Waals surface area contributed by atoms with Crippen molar-refractivity contribution in [2.24, 2.45) is 0 Å². The van der Waals surface area contributed by atoms with Gasteiger partial charge in [-0.1, -0.05) is 6.07 Å². The van der Waals surface area contributed by atoms with E-state index in [0.717, 1.165) is 18.2 Å². The molecule has 0 saturated carbocycles. The highest BCUT2D eigenvalue weighted by Gasteiger charge is 2.20. The fourth-order valence-electron chi connectivity index (χ4n) is 1.70. The zero-order valence-electron chi connectivity index (χ0n) is 10.3. The van der Waals surface area contributed by atoms with Crippen molar-refractivity contribution in [2.75, 3.05) is 5.32 Å². The van der Waals surface area contributed by atoms with Crippen molar-refractivity contribution in [1.82, 2.24) is 0 Å². The van der Waals surface area contributed by atoms with E-state index in [-0.39, 0.29) is 11.4 Å². The quantitative estimate of drug-likeness (QED) is 0.666. The van der Waals surface area contributed by atoms with E-state index in [1.54, 1.807) is 0 Å². The normalized spacial score (nSPS) is 10.2. The van der Waals surface area contributed by atoms with Crippen molar-refractivity contribution in [1.29, 1.82) is 0 Å². The second-order valence-electron chi connectivity index (χ2n) is 4.02. The number of hydrogen-bond donors (Lipinski definition) is 2. The number of hydrogen-bond acceptors (Lipinski definition) is 4. The number of nitro groups is 1. The maximum Gasteiger partial charge on any atom is 0.342 e. The van der Waals surface area contributed by atoms with Crippen LogP contribution >= 0.6 is 0 Å². The summed E-state index contributed by atoms with van der Waals surface area (Å²) in [4.78, 5) is 20.9. The average molecular weight is 294 g/mol. The van der Waals surface area contributed by atoms with Gasteiger partial charge < -0.3 is 10.4 Å². The highest BCUT2D eigenvalue weighted by Crippen LogP contribution is 2.26. The van der Waals surface area contributed by atoms with Gasteiger partial charge in [-0.15, -0.1) is 0 Å². The van der Waals surface area contributed by atoms with Crippen molar-refractivity contribution in [3.05, 3.63) is 63.7 Å². The Morgan fingerprint density at radius 3 is 2.57 bits per heavy atom. The van der Waals surface area contributed by atoms with E-state index in [9.17, 15) is 23.7 Å². The lowest BCUT2D eigenvalue weighted by Crippen LogP contribution is -2.04. The van der Waals surface area contributed by atoms with E-state index in [0.29, 0.717) is 0 Å². The van der Waals surface area contributed by atoms with Crippen LogP contribution in [0.4, 0.5) is 25.8 Å². The molecule has 0 fully saturated rings. The molecule has 0 spiro atoms. The molecule has 0 radical (unpaired) electrons. The summed E-state index contributed by atoms with van der Waals surface area (Å²) in [5.41, 5.74) is -1.27. The molecule has 0 saturated heterocycles. The molecule has 0 aliphatic carbocycles. The van der Waals surface area contributed by atoms with Gasteiger partial charge in [0.1, 0.15) is 5.56 Å². The lowest BCUT2D eigenvalue weighted by molar-refractivity contribution is -0.385. The fourth-order valence-corrected chi connectivity index (χ4v) is 1.70. The minimum Gasteiger partial charge on any atom is -0.477 e. The first-order valence-electron chi connectivity index (χ1n) is 5.63. The smallest absolute Gasteiger partial charge is 0.342 e. The van der Waals surface area contributed by atoms with Crippen molar-refractivity contribution >= 4 is 23.0 Å². The minimum atomic E-state index is -1.50. The second-order valence-corrected chi connectivity index (χ2v) is 4.02. The van der Waals surface area contributed by atoms with Gasteiger partial charge in [0.15, 0.2) is 11.6 Å². The number of halogens is 2. The number of nitrogens with one attached hydrogen (secondary N) is 1. The number of carboxylic acid groups (broad SMARTS) is 1. The van der Waals surface area contributed by atoms with Gasteiger partial charge >= 0.3 is 5.97 Å². The zero-order valence-corrected chi connectivity index (χ0v) is 10.3. The summed E-state index contributed by atoms with van der Waals surface area (Å²) in [7, 11) is 0. The van der Waals surface area contributed by atoms with Gasteiger partial charge in [0.05, 0.1) is 10.6 Å². The molecule has 0 aromatic heterocycles. The summed E-state index contributed by atoms with van der Waals surface area (Å²) in [6, 6.07) is 6.60. The Morgan fingerprint density at radius 2 is 1.95 bits per heavy atom. The first-order chi connectivity index (χ1) is 9.90. The zero-order chi connectivity index (χ0) is 15.6. The van der Waals surface area contributed by atoms with Crippen LogP contribution in [0.5, 0.6) is 0 Å². The summed E-state index contributed by atoms with van der Waals surface area (Å²) in [5, 5.41) is 22.1. The summed E-state index contributed by atoms with van der Waals surface area (Å²) in [6.45, 7) is 0. The van der Waals surface area contributed by atoms with E-state index in [1.807, 2.05) is 0 Å². The molecule has 2 aromatic carbocycles. The lowest BCUT2D eigenvalue weighted by atomic mass is 10.1. The maximum absolute atomic E-state index is 13.5. The monoisotopic (exact) mass is 294 g/mol. The van der Waals surface area contributed by atoms with Gasteiger partial charge in [-0.25, -0.2) is 13.6 Å². The van der Waals surface area contributed by atoms with E-state index in [1.165, 1.54) is 18.2 Å². The summed E-state index contributed by atoms with van der Waals surface area (Å²) in [5.74, 6) is -3.70. The molecular weight excluding hydrogens is 286 g/mol. The Balaban J connectivity index is 2.42. The van der Waals surface area contributed by atoms with Crippen LogP contribution in [0.3, 0.4) is 0 Å². The van der Waals surface area contributed by atoms with Crippen molar-refractivity contribution in [3.63, 3.8) is 0 Å². The second kappa shape index (κ2) is 5.53. The predicted molar refractivity (Wildman–Crippen MR) is 69.7 cm³/mol. The topological polar surface area (TPSA) is 92.5 Å². The summed E-state index contributed by atoms with van der Waals surface area (Å²) < 4.78 is 26.6. The number of aromatic carboxylic acids is 1. The van der Waals surface area contributed by atoms with Crippen LogP contribution in [-0.4, -0.2) is 16.0 Å². The molecule has 0 heterocycles. The SMILES string of the molecule is O=C(O)c1cc(Nc2cccc(F)c2F)ccc1[N+](=O)[O-]. The molecule has 0 aliphatic rings. The molecule has 2 rings (SSSR count). The molecule has 0 bridgehead atoms. The van der Waals surface area contributed by atoms with Gasteiger partial charge in [-0.05, 0) is 24.3 Å². The third-order valence-electron chi connectivity index (χ3n) is 2.65. The van der Waals surface area contributed by atoms with Crippen LogP contribution in [0.15, 0.2) is 36.4 Å². The molecule has 108 valence electrons. The first kappa shape index (κ1) is 14.4. The van der Waals surface area contributed by atoms with Gasteiger partial charge in [-0.2, -0.15) is 0 Å². The molecule has 2 aromatic rings. The van der Waals surface area contributed by atoms with Crippen molar-refractivity contribution in [3.8, 4) is 0 Å². The van der Waals surface area contributed by atoms with Crippen LogP contribution in [0.1, 0.15) is 10.4 Å². The third-order valence-corrected chi connectivity index (χ3v) is 2.65. The molecule has 6 nitrogen and oxygen atoms in total. The largest absolute Gasteiger partial charge is 0.477 e. The minimum absolute atomic E-state index is 0.0856. The van der Waals surface area contributed by atoms with E-state index < -0.39 is 33.8 Å². The Bertz CT molecular complexity index is 734. The average Bonchev–Trinajstić information content (AvgIpc) is 2.43. The number of anilines is 2. The van der Waals surface area contributed by atoms with Gasteiger partial charge in [0, 0.05) is 11.8 Å². The molecule has 0 aliphatic heterocycles. The highest BCUT2D eigenvalue weighted by molar-refractivity contribution is 5.93. The highest BCUT2D eigenvalue weighted by atomic mass is 19.2. The van der Waals surface area contributed by atoms with Crippen LogP contribution < -0.4 is 5.32 Å². The van der Waals surface area contributed by atoms with Crippen molar-refractivity contribution < 1.29 is 23.6 Å². The van der Waals surface area contributed by atoms with Crippen molar-refractivity contribution in [2.45, 2.75) is 0 Å². The summed E-state index contributed by atoms with van der Waals surface area (Å²) >= 11 is 0. The van der Waals surface area contributed by atoms with Gasteiger partial charge in [0.2, 0.25) is 0 Å². The molecule has 0 atom stereocenters. The number of rotatable bonds is 4. The molecule has 2 N–H and O–H groups in total. The fraction of sp³-hybridized carbons (Fsp3) is 0. The van der Waals surface area contributed by atoms with E-state index in [2.05, 4.69) is 5.32 Å². The Kier molecular flexibility index (Phi) is 3.79. The molecule has 8 heteroatoms. The summed E-state index contributed by atoms with van der Waals surface area (Å²) in [6.07, 6.45) is 0. The van der Waals surface area contributed by atoms with Crippen LogP contribution in [0.25, 0.3) is 0 Å². The third kappa shape index (κ3) is 2.94. The van der Waals surface area contributed by atoms with Gasteiger partial charge in [-0.3, -0.25) is 10.1 Å². The molecule has 21 heavy (non-hydrogen) atoms. The van der Waals surface area contributed by atoms with E-state index in [4.69, 9.17) is 5.11 Å². The number of carbonyl (C=O) groups is 1. The number of nitro benzene ring substituents is 1. The first-order valence-corrected chi connectivity index (χ1v) is 5.63. The standard InChI is InChI=1S/C13H8F2N2O4/c14-9-2-1-3-10(12(9)15)16-7-4-5-11(17(20)21)8(6-7)13(18)19/h1-6,16H,(H,18,19). The molecule has 0 unspecified atom stereocenters. The number of nitrogens with zero attached hydrogens (tertiary/aromatic N) is 1. The number of benzene rings is 2. The van der Waals surface area contributed by atoms with Crippen LogP contribution in [0.2, 0.25) is 0 Å². The van der Waals surface area contributed by atoms with Crippen LogP contribution in [0, 0.1) is 21.7 Å². The number of carboxylic acids is 1. The maximum atomic E-state index is 13.5. The van der Waals surface area contributed by atoms with E-state index >= 15 is 0 Å².